The number of rotatable bonds is 6. The molecule has 0 radical (unpaired) electrons. The Morgan fingerprint density at radius 2 is 1.81 bits per heavy atom. The van der Waals surface area contributed by atoms with E-state index in [1.54, 1.807) is 0 Å². The minimum Gasteiger partial charge on any atom is -0.436 e. The summed E-state index contributed by atoms with van der Waals surface area (Å²) in [6.45, 7) is 3.09. The van der Waals surface area contributed by atoms with Crippen LogP contribution in [0.15, 0.2) is 71.1 Å². The van der Waals surface area contributed by atoms with Crippen LogP contribution in [0, 0.1) is 0 Å². The van der Waals surface area contributed by atoms with Crippen LogP contribution in [0.4, 0.5) is 11.4 Å². The number of nitrogens with two attached hydrogens (primary N) is 1. The van der Waals surface area contributed by atoms with Gasteiger partial charge in [-0.1, -0.05) is 49.7 Å². The lowest BCUT2D eigenvalue weighted by Crippen LogP contribution is -2.03. The highest BCUT2D eigenvalue weighted by molar-refractivity contribution is 5.85. The molecule has 3 aromatic carbocycles. The Balaban J connectivity index is 1.73. The summed E-state index contributed by atoms with van der Waals surface area (Å²) in [4.78, 5) is 4.74. The fourth-order valence-electron chi connectivity index (χ4n) is 3.15. The van der Waals surface area contributed by atoms with Gasteiger partial charge >= 0.3 is 0 Å². The van der Waals surface area contributed by atoms with Crippen molar-refractivity contribution < 1.29 is 4.42 Å². The van der Waals surface area contributed by atoms with Gasteiger partial charge in [0.15, 0.2) is 5.58 Å². The van der Waals surface area contributed by atoms with Gasteiger partial charge in [-0.2, -0.15) is 0 Å². The fraction of sp³-hybridized carbons (Fsp3) is 0.174. The monoisotopic (exact) mass is 357 g/mol. The summed E-state index contributed by atoms with van der Waals surface area (Å²) in [6, 6.07) is 22.2. The highest BCUT2D eigenvalue weighted by Crippen LogP contribution is 2.33. The molecule has 0 atom stereocenters. The van der Waals surface area contributed by atoms with Crippen molar-refractivity contribution in [2.75, 3.05) is 17.6 Å². The first-order chi connectivity index (χ1) is 13.2. The molecule has 4 rings (SSSR count). The lowest BCUT2D eigenvalue weighted by molar-refractivity contribution is 0.620. The predicted octanol–water partition coefficient (Wildman–Crippen LogP) is 5.96. The standard InChI is InChI=1S/C23H23N3O/c1-2-3-13-25-20-11-10-18(24)15-19(20)23-26-21-14-17(9-12-22(21)27-23)16-7-5-4-6-8-16/h4-12,14-15,25H,2-3,13,24H2,1H3. The Bertz CT molecular complexity index is 1050. The van der Waals surface area contributed by atoms with Crippen LogP contribution in [-0.2, 0) is 0 Å². The minimum absolute atomic E-state index is 0.585. The summed E-state index contributed by atoms with van der Waals surface area (Å²) in [5.41, 5.74) is 12.5. The van der Waals surface area contributed by atoms with E-state index in [9.17, 15) is 0 Å². The number of aromatic nitrogens is 1. The van der Waals surface area contributed by atoms with E-state index < -0.39 is 0 Å². The highest BCUT2D eigenvalue weighted by Gasteiger charge is 2.14. The Hall–Kier alpha value is -3.27. The molecule has 27 heavy (non-hydrogen) atoms. The van der Waals surface area contributed by atoms with Gasteiger partial charge in [0.2, 0.25) is 5.89 Å². The van der Waals surface area contributed by atoms with Gasteiger partial charge in [-0.25, -0.2) is 4.98 Å². The number of oxazole rings is 1. The topological polar surface area (TPSA) is 64.1 Å². The summed E-state index contributed by atoms with van der Waals surface area (Å²) < 4.78 is 6.04. The van der Waals surface area contributed by atoms with E-state index in [-0.39, 0.29) is 0 Å². The average molecular weight is 357 g/mol. The Labute approximate surface area is 159 Å². The molecule has 4 nitrogen and oxygen atoms in total. The third-order valence-electron chi connectivity index (χ3n) is 4.61. The molecule has 0 aliphatic rings. The summed E-state index contributed by atoms with van der Waals surface area (Å²) >= 11 is 0. The fourth-order valence-corrected chi connectivity index (χ4v) is 3.15. The molecular weight excluding hydrogens is 334 g/mol. The van der Waals surface area contributed by atoms with Crippen LogP contribution < -0.4 is 11.1 Å². The zero-order chi connectivity index (χ0) is 18.6. The van der Waals surface area contributed by atoms with Gasteiger partial charge in [0.25, 0.3) is 0 Å². The van der Waals surface area contributed by atoms with Crippen molar-refractivity contribution in [2.24, 2.45) is 0 Å². The number of fused-ring (bicyclic) bond motifs is 1. The third kappa shape index (κ3) is 3.65. The molecule has 0 amide bonds. The lowest BCUT2D eigenvalue weighted by atomic mass is 10.1. The molecule has 0 fully saturated rings. The molecule has 136 valence electrons. The molecule has 0 saturated carbocycles. The van der Waals surface area contributed by atoms with Crippen molar-refractivity contribution in [1.29, 1.82) is 0 Å². The Morgan fingerprint density at radius 3 is 2.63 bits per heavy atom. The molecule has 0 spiro atoms. The smallest absolute Gasteiger partial charge is 0.229 e. The van der Waals surface area contributed by atoms with Gasteiger partial charge in [-0.15, -0.1) is 0 Å². The van der Waals surface area contributed by atoms with Crippen LogP contribution in [0.5, 0.6) is 0 Å². The van der Waals surface area contributed by atoms with Crippen molar-refractivity contribution in [1.82, 2.24) is 4.98 Å². The summed E-state index contributed by atoms with van der Waals surface area (Å²) in [5.74, 6) is 0.585. The highest BCUT2D eigenvalue weighted by atomic mass is 16.3. The van der Waals surface area contributed by atoms with E-state index in [1.165, 1.54) is 0 Å². The summed E-state index contributed by atoms with van der Waals surface area (Å²) in [5, 5.41) is 3.47. The summed E-state index contributed by atoms with van der Waals surface area (Å²) in [7, 11) is 0. The van der Waals surface area contributed by atoms with Crippen molar-refractivity contribution in [2.45, 2.75) is 19.8 Å². The second-order valence-corrected chi connectivity index (χ2v) is 6.65. The zero-order valence-corrected chi connectivity index (χ0v) is 15.4. The molecule has 4 heteroatoms. The van der Waals surface area contributed by atoms with E-state index in [0.717, 1.165) is 52.9 Å². The molecule has 4 aromatic rings. The first-order valence-corrected chi connectivity index (χ1v) is 9.34. The average Bonchev–Trinajstić information content (AvgIpc) is 3.13. The van der Waals surface area contributed by atoms with Gasteiger partial charge in [-0.3, -0.25) is 0 Å². The summed E-state index contributed by atoms with van der Waals surface area (Å²) in [6.07, 6.45) is 2.25. The van der Waals surface area contributed by atoms with E-state index in [0.29, 0.717) is 11.6 Å². The SMILES string of the molecule is CCCCNc1ccc(N)cc1-c1nc2cc(-c3ccccc3)ccc2o1. The first kappa shape index (κ1) is 17.2. The normalized spacial score (nSPS) is 11.0. The van der Waals surface area contributed by atoms with Crippen LogP contribution in [0.3, 0.4) is 0 Å². The number of benzene rings is 3. The van der Waals surface area contributed by atoms with Crippen molar-refractivity contribution in [3.63, 3.8) is 0 Å². The van der Waals surface area contributed by atoms with E-state index in [4.69, 9.17) is 15.1 Å². The van der Waals surface area contributed by atoms with Gasteiger partial charge in [0.05, 0.1) is 5.56 Å². The Kier molecular flexibility index (Phi) is 4.79. The van der Waals surface area contributed by atoms with E-state index in [2.05, 4.69) is 36.5 Å². The first-order valence-electron chi connectivity index (χ1n) is 9.34. The number of hydrogen-bond donors (Lipinski definition) is 2. The number of nitrogen functional groups attached to an aromatic ring is 1. The lowest BCUT2D eigenvalue weighted by Gasteiger charge is -2.10. The number of unbranched alkanes of at least 4 members (excludes halogenated alkanes) is 1. The second kappa shape index (κ2) is 7.54. The van der Waals surface area contributed by atoms with Crippen LogP contribution in [0.1, 0.15) is 19.8 Å². The van der Waals surface area contributed by atoms with E-state index >= 15 is 0 Å². The molecule has 0 bridgehead atoms. The minimum atomic E-state index is 0.585. The second-order valence-electron chi connectivity index (χ2n) is 6.65. The van der Waals surface area contributed by atoms with Crippen molar-refractivity contribution in [3.05, 3.63) is 66.7 Å². The van der Waals surface area contributed by atoms with Crippen molar-refractivity contribution >= 4 is 22.5 Å². The molecule has 0 saturated heterocycles. The van der Waals surface area contributed by atoms with Crippen LogP contribution in [-0.4, -0.2) is 11.5 Å². The number of hydrogen-bond acceptors (Lipinski definition) is 4. The number of nitrogens with one attached hydrogen (secondary N) is 1. The molecule has 0 aliphatic heterocycles. The molecule has 1 heterocycles. The third-order valence-corrected chi connectivity index (χ3v) is 4.61. The van der Waals surface area contributed by atoms with Crippen LogP contribution in [0.2, 0.25) is 0 Å². The number of nitrogens with zero attached hydrogens (tertiary/aromatic N) is 1. The van der Waals surface area contributed by atoms with Crippen molar-refractivity contribution in [3.8, 4) is 22.6 Å². The largest absolute Gasteiger partial charge is 0.436 e. The number of anilines is 2. The maximum Gasteiger partial charge on any atom is 0.229 e. The Morgan fingerprint density at radius 1 is 0.963 bits per heavy atom. The quantitative estimate of drug-likeness (QED) is 0.330. The van der Waals surface area contributed by atoms with Gasteiger partial charge in [0, 0.05) is 17.9 Å². The molecule has 0 aliphatic carbocycles. The zero-order valence-electron chi connectivity index (χ0n) is 15.4. The molecular formula is C23H23N3O. The van der Waals surface area contributed by atoms with Crippen LogP contribution >= 0.6 is 0 Å². The maximum absolute atomic E-state index is 6.04. The van der Waals surface area contributed by atoms with Crippen LogP contribution in [0.25, 0.3) is 33.7 Å². The predicted molar refractivity (Wildman–Crippen MR) is 113 cm³/mol. The maximum atomic E-state index is 6.04. The van der Waals surface area contributed by atoms with Gasteiger partial charge in [0.1, 0.15) is 5.52 Å². The van der Waals surface area contributed by atoms with Gasteiger partial charge < -0.3 is 15.5 Å². The molecule has 1 aromatic heterocycles. The molecule has 0 unspecified atom stereocenters. The molecule has 3 N–H and O–H groups in total. The van der Waals surface area contributed by atoms with Gasteiger partial charge in [-0.05, 0) is 47.9 Å². The van der Waals surface area contributed by atoms with E-state index in [1.807, 2.05) is 42.5 Å².